The second-order valence-electron chi connectivity index (χ2n) is 5.96. The predicted molar refractivity (Wildman–Crippen MR) is 73.6 cm³/mol. The minimum atomic E-state index is -0.946. The van der Waals surface area contributed by atoms with Gasteiger partial charge in [-0.25, -0.2) is 4.39 Å². The summed E-state index contributed by atoms with van der Waals surface area (Å²) in [7, 11) is 1.56. The van der Waals surface area contributed by atoms with Crippen LogP contribution >= 0.6 is 0 Å². The summed E-state index contributed by atoms with van der Waals surface area (Å²) < 4.78 is 18.7. The molecule has 2 rings (SSSR count). The summed E-state index contributed by atoms with van der Waals surface area (Å²) in [6.45, 7) is 4.44. The quantitative estimate of drug-likeness (QED) is 0.900. The van der Waals surface area contributed by atoms with Crippen LogP contribution in [0.5, 0.6) is 5.75 Å². The van der Waals surface area contributed by atoms with Gasteiger partial charge in [0, 0.05) is 5.56 Å². The number of rotatable bonds is 3. The number of ether oxygens (including phenoxy) is 1. The zero-order valence-electron chi connectivity index (χ0n) is 11.9. The third-order valence-electron chi connectivity index (χ3n) is 4.46. The van der Waals surface area contributed by atoms with Crippen molar-refractivity contribution in [1.82, 2.24) is 0 Å². The molecule has 0 radical (unpaired) electrons. The molecule has 0 aromatic heterocycles. The Morgan fingerprint density at radius 3 is 2.47 bits per heavy atom. The fraction of sp³-hybridized carbons (Fsp3) is 0.625. The van der Waals surface area contributed by atoms with E-state index in [0.717, 1.165) is 12.8 Å². The van der Waals surface area contributed by atoms with Crippen LogP contribution in [0.25, 0.3) is 0 Å². The Kier molecular flexibility index (Phi) is 4.14. The summed E-state index contributed by atoms with van der Waals surface area (Å²) >= 11 is 0. The Balaban J connectivity index is 2.24. The number of halogens is 1. The van der Waals surface area contributed by atoms with Gasteiger partial charge in [0.15, 0.2) is 0 Å². The Morgan fingerprint density at radius 2 is 1.95 bits per heavy atom. The highest BCUT2D eigenvalue weighted by Crippen LogP contribution is 2.44. The molecule has 0 bridgehead atoms. The van der Waals surface area contributed by atoms with Gasteiger partial charge in [-0.3, -0.25) is 0 Å². The van der Waals surface area contributed by atoms with Crippen molar-refractivity contribution in [2.75, 3.05) is 7.11 Å². The highest BCUT2D eigenvalue weighted by molar-refractivity contribution is 5.38. The van der Waals surface area contributed by atoms with E-state index in [2.05, 4.69) is 13.8 Å². The van der Waals surface area contributed by atoms with Gasteiger partial charge >= 0.3 is 0 Å². The molecular formula is C16H23FO2. The lowest BCUT2D eigenvalue weighted by atomic mass is 9.72. The van der Waals surface area contributed by atoms with Gasteiger partial charge in [0.1, 0.15) is 11.6 Å². The van der Waals surface area contributed by atoms with E-state index >= 15 is 0 Å². The van der Waals surface area contributed by atoms with Crippen LogP contribution in [-0.2, 0) is 5.60 Å². The maximum atomic E-state index is 13.4. The molecule has 1 aliphatic rings. The monoisotopic (exact) mass is 266 g/mol. The maximum absolute atomic E-state index is 13.4. The first-order valence-electron chi connectivity index (χ1n) is 7.02. The summed E-state index contributed by atoms with van der Waals surface area (Å²) in [5.41, 5.74) is -0.351. The zero-order chi connectivity index (χ0) is 14.0. The molecule has 0 amide bonds. The minimum Gasteiger partial charge on any atom is -0.496 e. The molecule has 0 saturated heterocycles. The third-order valence-corrected chi connectivity index (χ3v) is 4.46. The summed E-state index contributed by atoms with van der Waals surface area (Å²) in [6, 6.07) is 4.37. The lowest BCUT2D eigenvalue weighted by Gasteiger charge is -2.38. The maximum Gasteiger partial charge on any atom is 0.125 e. The molecule has 19 heavy (non-hydrogen) atoms. The molecule has 3 heteroatoms. The van der Waals surface area contributed by atoms with Crippen molar-refractivity contribution in [1.29, 1.82) is 0 Å². The number of aliphatic hydroxyl groups is 1. The Hall–Kier alpha value is -1.09. The SMILES string of the molecule is COc1ccc(F)cc1C1(O)CCC(C(C)C)CC1. The first-order valence-corrected chi connectivity index (χ1v) is 7.02. The Bertz CT molecular complexity index is 434. The first-order chi connectivity index (χ1) is 8.96. The molecule has 0 heterocycles. The van der Waals surface area contributed by atoms with Gasteiger partial charge in [0.2, 0.25) is 0 Å². The molecule has 106 valence electrons. The molecule has 1 saturated carbocycles. The van der Waals surface area contributed by atoms with Crippen LogP contribution in [-0.4, -0.2) is 12.2 Å². The summed E-state index contributed by atoms with van der Waals surface area (Å²) in [6.07, 6.45) is 3.31. The predicted octanol–water partition coefficient (Wildman–Crippen LogP) is 3.87. The van der Waals surface area contributed by atoms with Gasteiger partial charge in [-0.05, 0) is 55.7 Å². The second-order valence-corrected chi connectivity index (χ2v) is 5.96. The lowest BCUT2D eigenvalue weighted by Crippen LogP contribution is -2.33. The normalized spacial score (nSPS) is 27.6. The van der Waals surface area contributed by atoms with Crippen LogP contribution in [0.1, 0.15) is 45.1 Å². The summed E-state index contributed by atoms with van der Waals surface area (Å²) in [5.74, 6) is 1.54. The van der Waals surface area contributed by atoms with E-state index in [1.807, 2.05) is 0 Å². The Morgan fingerprint density at radius 1 is 1.32 bits per heavy atom. The summed E-state index contributed by atoms with van der Waals surface area (Å²) in [4.78, 5) is 0. The fourth-order valence-electron chi connectivity index (χ4n) is 3.10. The Labute approximate surface area is 114 Å². The average Bonchev–Trinajstić information content (AvgIpc) is 2.39. The topological polar surface area (TPSA) is 29.5 Å². The van der Waals surface area contributed by atoms with Crippen molar-refractivity contribution in [2.24, 2.45) is 11.8 Å². The van der Waals surface area contributed by atoms with E-state index in [-0.39, 0.29) is 5.82 Å². The molecular weight excluding hydrogens is 243 g/mol. The minimum absolute atomic E-state index is 0.324. The molecule has 1 aliphatic carbocycles. The van der Waals surface area contributed by atoms with Gasteiger partial charge in [-0.1, -0.05) is 13.8 Å². The van der Waals surface area contributed by atoms with Crippen molar-refractivity contribution >= 4 is 0 Å². The largest absolute Gasteiger partial charge is 0.496 e. The van der Waals surface area contributed by atoms with E-state index in [9.17, 15) is 9.50 Å². The molecule has 0 unspecified atom stereocenters. The van der Waals surface area contributed by atoms with E-state index in [1.54, 1.807) is 13.2 Å². The average molecular weight is 266 g/mol. The molecule has 1 fully saturated rings. The highest BCUT2D eigenvalue weighted by Gasteiger charge is 2.37. The molecule has 0 atom stereocenters. The van der Waals surface area contributed by atoms with E-state index in [0.29, 0.717) is 36.0 Å². The molecule has 0 spiro atoms. The number of hydrogen-bond donors (Lipinski definition) is 1. The van der Waals surface area contributed by atoms with Gasteiger partial charge in [-0.15, -0.1) is 0 Å². The standard InChI is InChI=1S/C16H23FO2/c1-11(2)12-6-8-16(18,9-7-12)14-10-13(17)4-5-15(14)19-3/h4-5,10-12,18H,6-9H2,1-3H3. The summed E-state index contributed by atoms with van der Waals surface area (Å²) in [5, 5.41) is 10.8. The van der Waals surface area contributed by atoms with Crippen molar-refractivity contribution < 1.29 is 14.2 Å². The molecule has 1 N–H and O–H groups in total. The van der Waals surface area contributed by atoms with E-state index < -0.39 is 5.60 Å². The number of hydrogen-bond acceptors (Lipinski definition) is 2. The van der Waals surface area contributed by atoms with Gasteiger partial charge in [0.25, 0.3) is 0 Å². The van der Waals surface area contributed by atoms with Crippen molar-refractivity contribution in [3.8, 4) is 5.75 Å². The first kappa shape index (κ1) is 14.3. The van der Waals surface area contributed by atoms with Crippen molar-refractivity contribution in [2.45, 2.75) is 45.1 Å². The number of methoxy groups -OCH3 is 1. The van der Waals surface area contributed by atoms with Crippen LogP contribution < -0.4 is 4.74 Å². The molecule has 1 aromatic rings. The molecule has 2 nitrogen and oxygen atoms in total. The zero-order valence-corrected chi connectivity index (χ0v) is 11.9. The fourth-order valence-corrected chi connectivity index (χ4v) is 3.10. The van der Waals surface area contributed by atoms with Crippen molar-refractivity contribution in [3.05, 3.63) is 29.6 Å². The molecule has 0 aliphatic heterocycles. The highest BCUT2D eigenvalue weighted by atomic mass is 19.1. The lowest BCUT2D eigenvalue weighted by molar-refractivity contribution is -0.0218. The van der Waals surface area contributed by atoms with Gasteiger partial charge < -0.3 is 9.84 Å². The van der Waals surface area contributed by atoms with Crippen LogP contribution in [0.4, 0.5) is 4.39 Å². The van der Waals surface area contributed by atoms with Crippen LogP contribution in [0.15, 0.2) is 18.2 Å². The van der Waals surface area contributed by atoms with Gasteiger partial charge in [0.05, 0.1) is 12.7 Å². The third kappa shape index (κ3) is 2.92. The second kappa shape index (κ2) is 5.49. The van der Waals surface area contributed by atoms with E-state index in [4.69, 9.17) is 4.74 Å². The van der Waals surface area contributed by atoms with Gasteiger partial charge in [-0.2, -0.15) is 0 Å². The smallest absolute Gasteiger partial charge is 0.125 e. The van der Waals surface area contributed by atoms with Crippen LogP contribution in [0.2, 0.25) is 0 Å². The van der Waals surface area contributed by atoms with Crippen LogP contribution in [0, 0.1) is 17.7 Å². The van der Waals surface area contributed by atoms with Crippen molar-refractivity contribution in [3.63, 3.8) is 0 Å². The molecule has 1 aromatic carbocycles. The van der Waals surface area contributed by atoms with E-state index in [1.165, 1.54) is 12.1 Å². The number of benzene rings is 1. The van der Waals surface area contributed by atoms with Crippen LogP contribution in [0.3, 0.4) is 0 Å².